The number of carbonyl (C=O) groups is 1. The van der Waals surface area contributed by atoms with E-state index >= 15 is 0 Å². The molecular formula is C22H30N8O4S. The number of thioether (sulfide) groups is 1. The number of pyridine rings is 1. The van der Waals surface area contributed by atoms with Gasteiger partial charge in [0, 0.05) is 44.7 Å². The maximum atomic E-state index is 13.3. The number of nitrogens with zero attached hydrogens (tertiary/aromatic N) is 6. The van der Waals surface area contributed by atoms with Crippen LogP contribution in [0.1, 0.15) is 20.8 Å². The van der Waals surface area contributed by atoms with Gasteiger partial charge in [0.25, 0.3) is 5.56 Å². The van der Waals surface area contributed by atoms with Crippen LogP contribution in [0.2, 0.25) is 0 Å². The molecule has 0 bridgehead atoms. The van der Waals surface area contributed by atoms with E-state index in [0.29, 0.717) is 24.1 Å². The SMILES string of the molecule is CCn1c(SCC(=O)N(CCOC)c2c(N)n(CC(C)C)c(=O)[nH]c2=O)nnc1-c1ccncc1. The van der Waals surface area contributed by atoms with E-state index in [9.17, 15) is 14.4 Å². The van der Waals surface area contributed by atoms with Crippen molar-refractivity contribution in [2.45, 2.75) is 39.0 Å². The maximum absolute atomic E-state index is 13.3. The number of rotatable bonds is 11. The van der Waals surface area contributed by atoms with Crippen LogP contribution in [0.25, 0.3) is 11.4 Å². The molecule has 13 heteroatoms. The van der Waals surface area contributed by atoms with E-state index in [1.807, 2.05) is 37.5 Å². The molecule has 3 heterocycles. The van der Waals surface area contributed by atoms with Gasteiger partial charge in [-0.15, -0.1) is 10.2 Å². The van der Waals surface area contributed by atoms with Gasteiger partial charge in [0.05, 0.1) is 12.4 Å². The Morgan fingerprint density at radius 3 is 2.57 bits per heavy atom. The highest BCUT2D eigenvalue weighted by Crippen LogP contribution is 2.25. The van der Waals surface area contributed by atoms with Gasteiger partial charge in [-0.25, -0.2) is 4.79 Å². The number of anilines is 2. The van der Waals surface area contributed by atoms with Crippen LogP contribution in [0, 0.1) is 5.92 Å². The predicted octanol–water partition coefficient (Wildman–Crippen LogP) is 1.22. The van der Waals surface area contributed by atoms with Gasteiger partial charge in [-0.2, -0.15) is 0 Å². The van der Waals surface area contributed by atoms with Crippen molar-refractivity contribution in [1.29, 1.82) is 0 Å². The minimum absolute atomic E-state index is 0.0274. The molecule has 1 amide bonds. The number of aromatic amines is 1. The van der Waals surface area contributed by atoms with Gasteiger partial charge in [0.15, 0.2) is 16.7 Å². The minimum atomic E-state index is -0.723. The summed E-state index contributed by atoms with van der Waals surface area (Å²) in [5.74, 6) is 0.305. The van der Waals surface area contributed by atoms with Crippen LogP contribution in [-0.2, 0) is 22.6 Å². The third-order valence-electron chi connectivity index (χ3n) is 5.15. The van der Waals surface area contributed by atoms with Gasteiger partial charge in [0.2, 0.25) is 5.91 Å². The molecule has 3 N–H and O–H groups in total. The summed E-state index contributed by atoms with van der Waals surface area (Å²) in [5.41, 5.74) is 5.69. The standard InChI is InChI=1S/C22H30N8O4S/c1-5-28-19(15-6-8-24-9-7-15)26-27-22(28)35-13-16(31)29(10-11-34-4)17-18(23)30(12-14(2)3)21(33)25-20(17)32/h6-9,14H,5,10-13,23H2,1-4H3,(H,25,32,33). The van der Waals surface area contributed by atoms with Gasteiger partial charge in [-0.3, -0.25) is 24.1 Å². The van der Waals surface area contributed by atoms with Crippen molar-refractivity contribution in [2.24, 2.45) is 5.92 Å². The second-order valence-corrected chi connectivity index (χ2v) is 9.05. The maximum Gasteiger partial charge on any atom is 0.330 e. The van der Waals surface area contributed by atoms with Gasteiger partial charge in [-0.05, 0) is 25.0 Å². The molecule has 12 nitrogen and oxygen atoms in total. The Kier molecular flexibility index (Phi) is 8.82. The number of aromatic nitrogens is 6. The molecule has 3 aromatic rings. The first-order valence-corrected chi connectivity index (χ1v) is 12.1. The number of ether oxygens (including phenoxy) is 1. The number of H-pyrrole nitrogens is 1. The summed E-state index contributed by atoms with van der Waals surface area (Å²) < 4.78 is 8.31. The third kappa shape index (κ3) is 5.98. The molecule has 0 aromatic carbocycles. The average Bonchev–Trinajstić information content (AvgIpc) is 3.25. The summed E-state index contributed by atoms with van der Waals surface area (Å²) in [7, 11) is 1.50. The molecular weight excluding hydrogens is 472 g/mol. The molecule has 0 aliphatic heterocycles. The number of methoxy groups -OCH3 is 1. The Morgan fingerprint density at radius 2 is 1.94 bits per heavy atom. The molecule has 3 aromatic heterocycles. The monoisotopic (exact) mass is 502 g/mol. The molecule has 0 saturated carbocycles. The Labute approximate surface area is 206 Å². The zero-order valence-corrected chi connectivity index (χ0v) is 21.0. The lowest BCUT2D eigenvalue weighted by Crippen LogP contribution is -2.43. The molecule has 0 radical (unpaired) electrons. The number of carbonyl (C=O) groups excluding carboxylic acids is 1. The topological polar surface area (TPSA) is 154 Å². The predicted molar refractivity (Wildman–Crippen MR) is 134 cm³/mol. The van der Waals surface area contributed by atoms with Gasteiger partial charge in [0.1, 0.15) is 5.82 Å². The lowest BCUT2D eigenvalue weighted by molar-refractivity contribution is -0.116. The first kappa shape index (κ1) is 26.2. The van der Waals surface area contributed by atoms with Crippen LogP contribution in [-0.4, -0.2) is 61.2 Å². The van der Waals surface area contributed by atoms with E-state index in [0.717, 1.165) is 5.56 Å². The lowest BCUT2D eigenvalue weighted by Gasteiger charge is -2.24. The third-order valence-corrected chi connectivity index (χ3v) is 6.10. The number of hydrogen-bond donors (Lipinski definition) is 2. The molecule has 0 spiro atoms. The van der Waals surface area contributed by atoms with Crippen LogP contribution in [0.4, 0.5) is 11.5 Å². The van der Waals surface area contributed by atoms with E-state index in [1.165, 1.54) is 28.3 Å². The van der Waals surface area contributed by atoms with Crippen LogP contribution in [0.15, 0.2) is 39.3 Å². The van der Waals surface area contributed by atoms with Crippen molar-refractivity contribution in [3.8, 4) is 11.4 Å². The average molecular weight is 503 g/mol. The number of nitrogens with one attached hydrogen (secondary N) is 1. The van der Waals surface area contributed by atoms with Crippen molar-refractivity contribution in [3.05, 3.63) is 45.4 Å². The lowest BCUT2D eigenvalue weighted by atomic mass is 10.2. The second kappa shape index (κ2) is 11.8. The fourth-order valence-corrected chi connectivity index (χ4v) is 4.41. The highest BCUT2D eigenvalue weighted by Gasteiger charge is 2.25. The Balaban J connectivity index is 1.90. The fourth-order valence-electron chi connectivity index (χ4n) is 3.53. The molecule has 0 atom stereocenters. The molecule has 0 saturated heterocycles. The summed E-state index contributed by atoms with van der Waals surface area (Å²) in [5, 5.41) is 9.08. The van der Waals surface area contributed by atoms with E-state index in [1.54, 1.807) is 12.4 Å². The van der Waals surface area contributed by atoms with Crippen molar-refractivity contribution in [2.75, 3.05) is 36.6 Å². The van der Waals surface area contributed by atoms with Gasteiger partial charge >= 0.3 is 5.69 Å². The van der Waals surface area contributed by atoms with Crippen LogP contribution in [0.5, 0.6) is 0 Å². The van der Waals surface area contributed by atoms with Crippen LogP contribution < -0.4 is 21.9 Å². The summed E-state index contributed by atoms with van der Waals surface area (Å²) >= 11 is 1.20. The highest BCUT2D eigenvalue weighted by molar-refractivity contribution is 7.99. The first-order chi connectivity index (χ1) is 16.8. The van der Waals surface area contributed by atoms with Crippen molar-refractivity contribution in [1.82, 2.24) is 29.3 Å². The summed E-state index contributed by atoms with van der Waals surface area (Å²) in [6.07, 6.45) is 3.35. The Bertz CT molecular complexity index is 1270. The van der Waals surface area contributed by atoms with Crippen molar-refractivity contribution >= 4 is 29.2 Å². The Hall–Kier alpha value is -3.45. The smallest absolute Gasteiger partial charge is 0.330 e. The number of amides is 1. The number of nitrogens with two attached hydrogens (primary N) is 1. The highest BCUT2D eigenvalue weighted by atomic mass is 32.2. The second-order valence-electron chi connectivity index (χ2n) is 8.11. The summed E-state index contributed by atoms with van der Waals surface area (Å²) in [6, 6.07) is 3.67. The van der Waals surface area contributed by atoms with E-state index in [4.69, 9.17) is 10.5 Å². The Morgan fingerprint density at radius 1 is 1.23 bits per heavy atom. The quantitative estimate of drug-likeness (QED) is 0.368. The largest absolute Gasteiger partial charge is 0.383 e. The zero-order valence-electron chi connectivity index (χ0n) is 20.2. The van der Waals surface area contributed by atoms with Gasteiger partial charge in [-0.1, -0.05) is 25.6 Å². The van der Waals surface area contributed by atoms with Gasteiger partial charge < -0.3 is 19.9 Å². The van der Waals surface area contributed by atoms with Crippen molar-refractivity contribution in [3.63, 3.8) is 0 Å². The molecule has 0 aliphatic rings. The summed E-state index contributed by atoms with van der Waals surface area (Å²) in [6.45, 7) is 6.97. The zero-order chi connectivity index (χ0) is 25.5. The fraction of sp³-hybridized carbons (Fsp3) is 0.455. The normalized spacial score (nSPS) is 11.2. The van der Waals surface area contributed by atoms with E-state index in [-0.39, 0.29) is 42.2 Å². The van der Waals surface area contributed by atoms with E-state index < -0.39 is 11.2 Å². The minimum Gasteiger partial charge on any atom is -0.383 e. The summed E-state index contributed by atoms with van der Waals surface area (Å²) in [4.78, 5) is 45.9. The van der Waals surface area contributed by atoms with Crippen LogP contribution >= 0.6 is 11.8 Å². The molecule has 0 aliphatic carbocycles. The molecule has 188 valence electrons. The molecule has 0 unspecified atom stereocenters. The number of nitrogen functional groups attached to an aromatic ring is 1. The molecule has 3 rings (SSSR count). The first-order valence-electron chi connectivity index (χ1n) is 11.2. The van der Waals surface area contributed by atoms with Crippen LogP contribution in [0.3, 0.4) is 0 Å². The van der Waals surface area contributed by atoms with Crippen molar-refractivity contribution < 1.29 is 9.53 Å². The number of hydrogen-bond acceptors (Lipinski definition) is 9. The molecule has 35 heavy (non-hydrogen) atoms. The molecule has 0 fully saturated rings. The van der Waals surface area contributed by atoms with E-state index in [2.05, 4.69) is 20.2 Å².